The van der Waals surface area contributed by atoms with Crippen LogP contribution >= 0.6 is 0 Å². The van der Waals surface area contributed by atoms with E-state index < -0.39 is 0 Å². The lowest BCUT2D eigenvalue weighted by Crippen LogP contribution is -2.40. The zero-order valence-electron chi connectivity index (χ0n) is 14.2. The Hall–Kier alpha value is -1.38. The molecule has 0 saturated heterocycles. The number of nitrogens with one attached hydrogen (secondary N) is 1. The number of dihydropyridines is 1. The second kappa shape index (κ2) is 5.36. The van der Waals surface area contributed by atoms with E-state index in [-0.39, 0.29) is 22.9 Å². The maximum Gasteiger partial charge on any atom is 0.161 e. The summed E-state index contributed by atoms with van der Waals surface area (Å²) in [5.41, 5.74) is 4.04. The van der Waals surface area contributed by atoms with Gasteiger partial charge in [-0.15, -0.1) is 0 Å². The Kier molecular flexibility index (Phi) is 3.78. The SMILES string of the molecule is CCC(=O)C1=C(CC)NC2=C(C(=O)CC(C)(C)C2)C1C1CC1. The molecule has 0 bridgehead atoms. The van der Waals surface area contributed by atoms with E-state index in [1.165, 1.54) is 0 Å². The Morgan fingerprint density at radius 2 is 1.91 bits per heavy atom. The van der Waals surface area contributed by atoms with Gasteiger partial charge in [0.25, 0.3) is 0 Å². The Morgan fingerprint density at radius 3 is 2.45 bits per heavy atom. The van der Waals surface area contributed by atoms with Gasteiger partial charge >= 0.3 is 0 Å². The van der Waals surface area contributed by atoms with Crippen LogP contribution in [0.4, 0.5) is 0 Å². The topological polar surface area (TPSA) is 46.2 Å². The number of hydrogen-bond acceptors (Lipinski definition) is 3. The first kappa shape index (κ1) is 15.5. The van der Waals surface area contributed by atoms with E-state index in [4.69, 9.17) is 0 Å². The summed E-state index contributed by atoms with van der Waals surface area (Å²) in [4.78, 5) is 25.4. The third kappa shape index (κ3) is 2.55. The Balaban J connectivity index is 2.09. The molecule has 1 heterocycles. The molecule has 22 heavy (non-hydrogen) atoms. The normalized spacial score (nSPS) is 27.6. The summed E-state index contributed by atoms with van der Waals surface area (Å²) in [6, 6.07) is 0. The third-order valence-corrected chi connectivity index (χ3v) is 5.24. The van der Waals surface area contributed by atoms with Crippen LogP contribution in [-0.4, -0.2) is 11.6 Å². The van der Waals surface area contributed by atoms with Gasteiger partial charge in [-0.3, -0.25) is 9.59 Å². The molecule has 1 saturated carbocycles. The van der Waals surface area contributed by atoms with E-state index in [2.05, 4.69) is 26.1 Å². The third-order valence-electron chi connectivity index (χ3n) is 5.24. The van der Waals surface area contributed by atoms with Gasteiger partial charge in [0.2, 0.25) is 0 Å². The second-order valence-electron chi connectivity index (χ2n) is 7.80. The highest BCUT2D eigenvalue weighted by atomic mass is 16.1. The number of ketones is 2. The van der Waals surface area contributed by atoms with Crippen LogP contribution in [0.15, 0.2) is 22.5 Å². The highest BCUT2D eigenvalue weighted by Crippen LogP contribution is 2.51. The molecule has 120 valence electrons. The highest BCUT2D eigenvalue weighted by Gasteiger charge is 2.47. The molecule has 1 atom stereocenters. The lowest BCUT2D eigenvalue weighted by molar-refractivity contribution is -0.119. The molecule has 1 unspecified atom stereocenters. The summed E-state index contributed by atoms with van der Waals surface area (Å²) in [7, 11) is 0. The van der Waals surface area contributed by atoms with E-state index in [9.17, 15) is 9.59 Å². The van der Waals surface area contributed by atoms with Crippen molar-refractivity contribution >= 4 is 11.6 Å². The standard InChI is InChI=1S/C19H27NO2/c1-5-12-17(14(21)6-2)16(11-7-8-11)18-13(20-12)9-19(3,4)10-15(18)22/h11,16,20H,5-10H2,1-4H3. The number of hydrogen-bond donors (Lipinski definition) is 1. The van der Waals surface area contributed by atoms with Crippen LogP contribution in [0.1, 0.15) is 66.2 Å². The molecule has 0 amide bonds. The van der Waals surface area contributed by atoms with Crippen molar-refractivity contribution in [3.63, 3.8) is 0 Å². The minimum atomic E-state index is 0.0160. The molecule has 1 aliphatic heterocycles. The zero-order valence-corrected chi connectivity index (χ0v) is 14.2. The fourth-order valence-electron chi connectivity index (χ4n) is 4.10. The highest BCUT2D eigenvalue weighted by molar-refractivity contribution is 6.04. The zero-order chi connectivity index (χ0) is 16.1. The number of Topliss-reactive ketones (excluding diaryl/α,β-unsaturated/α-hetero) is 2. The molecule has 0 aromatic heterocycles. The van der Waals surface area contributed by atoms with Gasteiger partial charge in [0, 0.05) is 41.3 Å². The molecule has 0 aromatic carbocycles. The van der Waals surface area contributed by atoms with Gasteiger partial charge < -0.3 is 5.32 Å². The van der Waals surface area contributed by atoms with Gasteiger partial charge in [-0.1, -0.05) is 27.7 Å². The van der Waals surface area contributed by atoms with Crippen molar-refractivity contribution in [2.75, 3.05) is 0 Å². The molecule has 0 spiro atoms. The molecular formula is C19H27NO2. The molecule has 2 aliphatic carbocycles. The largest absolute Gasteiger partial charge is 0.362 e. The van der Waals surface area contributed by atoms with Crippen molar-refractivity contribution in [1.29, 1.82) is 0 Å². The van der Waals surface area contributed by atoms with Crippen molar-refractivity contribution in [2.45, 2.75) is 66.2 Å². The second-order valence-corrected chi connectivity index (χ2v) is 7.80. The summed E-state index contributed by atoms with van der Waals surface area (Å²) in [6.45, 7) is 8.33. The lowest BCUT2D eigenvalue weighted by atomic mass is 9.68. The fraction of sp³-hybridized carbons (Fsp3) is 0.684. The first-order valence-electron chi connectivity index (χ1n) is 8.67. The average Bonchev–Trinajstić information content (AvgIpc) is 3.27. The van der Waals surface area contributed by atoms with Crippen LogP contribution < -0.4 is 5.32 Å². The average molecular weight is 301 g/mol. The Morgan fingerprint density at radius 1 is 1.23 bits per heavy atom. The first-order valence-corrected chi connectivity index (χ1v) is 8.67. The van der Waals surface area contributed by atoms with Gasteiger partial charge in [0.05, 0.1) is 0 Å². The molecule has 3 heteroatoms. The minimum Gasteiger partial charge on any atom is -0.362 e. The van der Waals surface area contributed by atoms with Crippen LogP contribution in [0.2, 0.25) is 0 Å². The minimum absolute atomic E-state index is 0.0160. The maximum atomic E-state index is 12.8. The van der Waals surface area contributed by atoms with Crippen LogP contribution in [0.5, 0.6) is 0 Å². The molecular weight excluding hydrogens is 274 g/mol. The first-order chi connectivity index (χ1) is 10.4. The van der Waals surface area contributed by atoms with Crippen LogP contribution in [0.25, 0.3) is 0 Å². The molecule has 3 aliphatic rings. The van der Waals surface area contributed by atoms with E-state index >= 15 is 0 Å². The summed E-state index contributed by atoms with van der Waals surface area (Å²) < 4.78 is 0. The van der Waals surface area contributed by atoms with Gasteiger partial charge in [0.15, 0.2) is 11.6 Å². The molecule has 0 aromatic rings. The Bertz CT molecular complexity index is 591. The number of rotatable bonds is 4. The molecule has 3 nitrogen and oxygen atoms in total. The summed E-state index contributed by atoms with van der Waals surface area (Å²) in [5.74, 6) is 1.05. The summed E-state index contributed by atoms with van der Waals surface area (Å²) >= 11 is 0. The number of carbonyl (C=O) groups excluding carboxylic acids is 2. The molecule has 1 fully saturated rings. The number of carbonyl (C=O) groups is 2. The monoisotopic (exact) mass is 301 g/mol. The molecule has 0 radical (unpaired) electrons. The maximum absolute atomic E-state index is 12.8. The predicted octanol–water partition coefficient (Wildman–Crippen LogP) is 3.90. The van der Waals surface area contributed by atoms with Gasteiger partial charge in [-0.2, -0.15) is 0 Å². The fourth-order valence-corrected chi connectivity index (χ4v) is 4.10. The van der Waals surface area contributed by atoms with Gasteiger partial charge in [-0.05, 0) is 37.0 Å². The predicted molar refractivity (Wildman–Crippen MR) is 87.0 cm³/mol. The van der Waals surface area contributed by atoms with Crippen molar-refractivity contribution < 1.29 is 9.59 Å². The summed E-state index contributed by atoms with van der Waals surface area (Å²) in [6.07, 6.45) is 5.16. The summed E-state index contributed by atoms with van der Waals surface area (Å²) in [5, 5.41) is 3.49. The van der Waals surface area contributed by atoms with E-state index in [0.717, 1.165) is 48.2 Å². The van der Waals surface area contributed by atoms with E-state index in [1.54, 1.807) is 0 Å². The smallest absolute Gasteiger partial charge is 0.161 e. The van der Waals surface area contributed by atoms with Crippen molar-refractivity contribution in [3.8, 4) is 0 Å². The van der Waals surface area contributed by atoms with Crippen molar-refractivity contribution in [1.82, 2.24) is 5.32 Å². The van der Waals surface area contributed by atoms with Crippen LogP contribution in [-0.2, 0) is 9.59 Å². The van der Waals surface area contributed by atoms with Crippen molar-refractivity contribution in [3.05, 3.63) is 22.5 Å². The van der Waals surface area contributed by atoms with Crippen LogP contribution in [0, 0.1) is 17.3 Å². The van der Waals surface area contributed by atoms with Gasteiger partial charge in [0.1, 0.15) is 0 Å². The molecule has 1 N–H and O–H groups in total. The van der Waals surface area contributed by atoms with E-state index in [0.29, 0.717) is 18.8 Å². The Labute approximate surface area is 133 Å². The van der Waals surface area contributed by atoms with E-state index in [1.807, 2.05) is 6.92 Å². The number of allylic oxidation sites excluding steroid dienone is 4. The lowest BCUT2D eigenvalue weighted by Gasteiger charge is -2.40. The molecule has 3 rings (SSSR count). The van der Waals surface area contributed by atoms with Crippen molar-refractivity contribution in [2.24, 2.45) is 17.3 Å². The quantitative estimate of drug-likeness (QED) is 0.856. The van der Waals surface area contributed by atoms with Crippen LogP contribution in [0.3, 0.4) is 0 Å². The van der Waals surface area contributed by atoms with Gasteiger partial charge in [-0.25, -0.2) is 0 Å².